The van der Waals surface area contributed by atoms with Gasteiger partial charge in [-0.25, -0.2) is 0 Å². The van der Waals surface area contributed by atoms with E-state index in [1.807, 2.05) is 37.3 Å². The summed E-state index contributed by atoms with van der Waals surface area (Å²) in [6.07, 6.45) is 15.0. The van der Waals surface area contributed by atoms with Crippen LogP contribution in [0.5, 0.6) is 0 Å². The zero-order valence-corrected chi connectivity index (χ0v) is 19.6. The molecule has 0 radical (unpaired) electrons. The molecule has 0 fully saturated rings. The highest BCUT2D eigenvalue weighted by atomic mass is 15.1. The van der Waals surface area contributed by atoms with Crippen molar-refractivity contribution in [2.75, 3.05) is 4.90 Å². The van der Waals surface area contributed by atoms with Crippen LogP contribution in [0, 0.1) is 0 Å². The average molecular weight is 443 g/mol. The molecule has 0 saturated carbocycles. The highest BCUT2D eigenvalue weighted by Crippen LogP contribution is 2.35. The molecular weight excluding hydrogens is 412 g/mol. The van der Waals surface area contributed by atoms with Crippen LogP contribution in [0.25, 0.3) is 11.1 Å². The molecule has 1 aliphatic heterocycles. The molecule has 0 spiro atoms. The van der Waals surface area contributed by atoms with Gasteiger partial charge in [0.1, 0.15) is 0 Å². The minimum atomic E-state index is 0.792. The first-order valence-corrected chi connectivity index (χ1v) is 11.5. The van der Waals surface area contributed by atoms with E-state index in [9.17, 15) is 0 Å². The van der Waals surface area contributed by atoms with Crippen LogP contribution in [0.3, 0.4) is 0 Å². The van der Waals surface area contributed by atoms with Crippen LogP contribution in [-0.2, 0) is 6.42 Å². The standard InChI is InChI=1S/C32H30N2/c1-4-5-7-12-25(2)33-30-21-17-26(3)34(32-16-11-10-15-29(32)18-22-30)31-23-19-28(20-24-31)27-13-8-6-9-14-27/h4-17,19-24,33H,2-3,18H2,1H3/b5-4-,12-7-,21-17?,30-22?. The predicted octanol–water partition coefficient (Wildman–Crippen LogP) is 8.24. The third-order valence-electron chi connectivity index (χ3n) is 5.66. The van der Waals surface area contributed by atoms with Gasteiger partial charge < -0.3 is 10.2 Å². The van der Waals surface area contributed by atoms with E-state index in [-0.39, 0.29) is 0 Å². The van der Waals surface area contributed by atoms with Gasteiger partial charge in [0.2, 0.25) is 0 Å². The van der Waals surface area contributed by atoms with Gasteiger partial charge >= 0.3 is 0 Å². The molecule has 0 aliphatic carbocycles. The minimum Gasteiger partial charge on any atom is -0.356 e. The molecule has 1 aliphatic rings. The lowest BCUT2D eigenvalue weighted by atomic mass is 10.0. The van der Waals surface area contributed by atoms with E-state index in [1.54, 1.807) is 0 Å². The van der Waals surface area contributed by atoms with Gasteiger partial charge in [0.15, 0.2) is 0 Å². The van der Waals surface area contributed by atoms with E-state index in [1.165, 1.54) is 16.7 Å². The second kappa shape index (κ2) is 11.0. The molecule has 1 N–H and O–H groups in total. The fourth-order valence-electron chi connectivity index (χ4n) is 3.95. The third-order valence-corrected chi connectivity index (χ3v) is 5.66. The van der Waals surface area contributed by atoms with Crippen molar-refractivity contribution in [2.24, 2.45) is 0 Å². The number of hydrogen-bond donors (Lipinski definition) is 1. The lowest BCUT2D eigenvalue weighted by Crippen LogP contribution is -2.15. The number of fused-ring (bicyclic) bond motifs is 1. The highest BCUT2D eigenvalue weighted by Gasteiger charge is 2.16. The molecule has 0 amide bonds. The number of nitrogens with one attached hydrogen (secondary N) is 1. The smallest absolute Gasteiger partial charge is 0.0496 e. The van der Waals surface area contributed by atoms with Gasteiger partial charge in [-0.2, -0.15) is 0 Å². The van der Waals surface area contributed by atoms with Gasteiger partial charge in [0, 0.05) is 28.5 Å². The largest absolute Gasteiger partial charge is 0.356 e. The van der Waals surface area contributed by atoms with Crippen molar-refractivity contribution in [1.29, 1.82) is 0 Å². The van der Waals surface area contributed by atoms with Crippen LogP contribution >= 0.6 is 0 Å². The topological polar surface area (TPSA) is 15.3 Å². The number of allylic oxidation sites excluding steroid dienone is 7. The number of benzene rings is 3. The summed E-state index contributed by atoms with van der Waals surface area (Å²) < 4.78 is 0. The van der Waals surface area contributed by atoms with E-state index in [4.69, 9.17) is 0 Å². The molecule has 3 aromatic rings. The zero-order chi connectivity index (χ0) is 23.8. The summed E-state index contributed by atoms with van der Waals surface area (Å²) in [5, 5.41) is 3.40. The lowest BCUT2D eigenvalue weighted by Gasteiger charge is -2.27. The Kier molecular flexibility index (Phi) is 7.42. The van der Waals surface area contributed by atoms with Crippen molar-refractivity contribution in [1.82, 2.24) is 5.32 Å². The second-order valence-electron chi connectivity index (χ2n) is 8.10. The van der Waals surface area contributed by atoms with E-state index in [0.29, 0.717) is 0 Å². The van der Waals surface area contributed by atoms with E-state index in [2.05, 4.69) is 114 Å². The SMILES string of the molecule is C=C(/C=C\C=C/C)NC1=CCc2ccccc2N(c2ccc(-c3ccccc3)cc2)C(=C)C=C1. The van der Waals surface area contributed by atoms with Gasteiger partial charge in [0.25, 0.3) is 0 Å². The van der Waals surface area contributed by atoms with Crippen LogP contribution < -0.4 is 10.2 Å². The predicted molar refractivity (Wildman–Crippen MR) is 147 cm³/mol. The Morgan fingerprint density at radius 1 is 0.853 bits per heavy atom. The van der Waals surface area contributed by atoms with Crippen molar-refractivity contribution in [3.63, 3.8) is 0 Å². The number of hydrogen-bond acceptors (Lipinski definition) is 2. The first-order valence-electron chi connectivity index (χ1n) is 11.5. The van der Waals surface area contributed by atoms with Crippen LogP contribution in [0.15, 0.2) is 152 Å². The summed E-state index contributed by atoms with van der Waals surface area (Å²) in [7, 11) is 0. The zero-order valence-electron chi connectivity index (χ0n) is 19.6. The Balaban J connectivity index is 1.65. The molecule has 2 nitrogen and oxygen atoms in total. The Bertz CT molecular complexity index is 1270. The molecule has 34 heavy (non-hydrogen) atoms. The van der Waals surface area contributed by atoms with Crippen LogP contribution in [-0.4, -0.2) is 0 Å². The van der Waals surface area contributed by atoms with E-state index < -0.39 is 0 Å². The van der Waals surface area contributed by atoms with Gasteiger partial charge in [-0.3, -0.25) is 0 Å². The Morgan fingerprint density at radius 3 is 2.32 bits per heavy atom. The summed E-state index contributed by atoms with van der Waals surface area (Å²) in [5.74, 6) is 0. The number of nitrogens with zero attached hydrogens (tertiary/aromatic N) is 1. The van der Waals surface area contributed by atoms with E-state index in [0.717, 1.165) is 34.9 Å². The van der Waals surface area contributed by atoms with E-state index >= 15 is 0 Å². The van der Waals surface area contributed by atoms with Crippen molar-refractivity contribution in [2.45, 2.75) is 13.3 Å². The number of anilines is 2. The minimum absolute atomic E-state index is 0.792. The number of rotatable bonds is 6. The summed E-state index contributed by atoms with van der Waals surface area (Å²) >= 11 is 0. The summed E-state index contributed by atoms with van der Waals surface area (Å²) in [6.45, 7) is 10.5. The summed E-state index contributed by atoms with van der Waals surface area (Å²) in [4.78, 5) is 2.22. The summed E-state index contributed by atoms with van der Waals surface area (Å²) in [5.41, 5.74) is 8.57. The molecule has 3 aromatic carbocycles. The average Bonchev–Trinajstić information content (AvgIpc) is 2.93. The quantitative estimate of drug-likeness (QED) is 0.387. The van der Waals surface area contributed by atoms with Crippen molar-refractivity contribution < 1.29 is 0 Å². The summed E-state index contributed by atoms with van der Waals surface area (Å²) in [6, 6.07) is 27.6. The lowest BCUT2D eigenvalue weighted by molar-refractivity contribution is 1.03. The van der Waals surface area contributed by atoms with Crippen LogP contribution in [0.4, 0.5) is 11.4 Å². The van der Waals surface area contributed by atoms with Crippen molar-refractivity contribution in [3.05, 3.63) is 157 Å². The molecule has 0 unspecified atom stereocenters. The van der Waals surface area contributed by atoms with Gasteiger partial charge in [-0.1, -0.05) is 98.1 Å². The molecule has 168 valence electrons. The number of para-hydroxylation sites is 1. The maximum atomic E-state index is 4.41. The van der Waals surface area contributed by atoms with Gasteiger partial charge in [-0.05, 0) is 66.5 Å². The Hall–Kier alpha value is -4.30. The maximum absolute atomic E-state index is 4.41. The highest BCUT2D eigenvalue weighted by molar-refractivity contribution is 5.75. The van der Waals surface area contributed by atoms with Crippen molar-refractivity contribution in [3.8, 4) is 11.1 Å². The molecule has 1 heterocycles. The molecule has 4 rings (SSSR count). The molecule has 0 bridgehead atoms. The fraction of sp³-hybridized carbons (Fsp3) is 0.0625. The molecular formula is C32H30N2. The second-order valence-corrected chi connectivity index (χ2v) is 8.10. The maximum Gasteiger partial charge on any atom is 0.0496 e. The first kappa shape index (κ1) is 22.9. The van der Waals surface area contributed by atoms with Crippen LogP contribution in [0.2, 0.25) is 0 Å². The first-order chi connectivity index (χ1) is 16.7. The van der Waals surface area contributed by atoms with Crippen LogP contribution in [0.1, 0.15) is 12.5 Å². The molecule has 0 atom stereocenters. The molecule has 0 aromatic heterocycles. The third kappa shape index (κ3) is 5.54. The molecule has 0 saturated heterocycles. The normalized spacial score (nSPS) is 13.9. The Morgan fingerprint density at radius 2 is 1.56 bits per heavy atom. The van der Waals surface area contributed by atoms with Crippen molar-refractivity contribution >= 4 is 11.4 Å². The monoisotopic (exact) mass is 442 g/mol. The molecule has 2 heteroatoms. The van der Waals surface area contributed by atoms with Gasteiger partial charge in [0.05, 0.1) is 0 Å². The Labute approximate surface area is 203 Å². The fourth-order valence-corrected chi connectivity index (χ4v) is 3.95. The van der Waals surface area contributed by atoms with Gasteiger partial charge in [-0.15, -0.1) is 0 Å².